The first-order valence-corrected chi connectivity index (χ1v) is 4.64. The number of esters is 1. The molecule has 1 aromatic heterocycles. The van der Waals surface area contributed by atoms with Crippen LogP contribution >= 0.6 is 11.6 Å². The van der Waals surface area contributed by atoms with Gasteiger partial charge in [0, 0.05) is 11.6 Å². The molecule has 1 rings (SSSR count). The number of ether oxygens (including phenoxy) is 1. The lowest BCUT2D eigenvalue weighted by Gasteiger charge is -1.98. The van der Waals surface area contributed by atoms with Crippen LogP contribution in [-0.2, 0) is 9.53 Å². The number of carbonyl (C=O) groups excluding carboxylic acids is 1. The summed E-state index contributed by atoms with van der Waals surface area (Å²) in [5.41, 5.74) is 6.04. The van der Waals surface area contributed by atoms with Crippen molar-refractivity contribution in [1.29, 1.82) is 0 Å². The van der Waals surface area contributed by atoms with Gasteiger partial charge in [0.05, 0.1) is 6.61 Å². The number of carbonyl (C=O) groups is 1. The molecule has 0 amide bonds. The molecule has 0 saturated heterocycles. The molecular formula is C9H10ClN3O2. The highest BCUT2D eigenvalue weighted by molar-refractivity contribution is 6.29. The lowest BCUT2D eigenvalue weighted by molar-refractivity contribution is -0.137. The molecule has 0 saturated carbocycles. The summed E-state index contributed by atoms with van der Waals surface area (Å²) in [5.74, 6) is -0.232. The maximum Gasteiger partial charge on any atom is 0.330 e. The van der Waals surface area contributed by atoms with E-state index < -0.39 is 5.97 Å². The number of nitrogens with two attached hydrogens (primary N) is 1. The van der Waals surface area contributed by atoms with Crippen molar-refractivity contribution in [3.8, 4) is 0 Å². The first-order valence-electron chi connectivity index (χ1n) is 4.27. The Morgan fingerprint density at radius 1 is 1.67 bits per heavy atom. The second kappa shape index (κ2) is 5.31. The topological polar surface area (TPSA) is 78.1 Å². The Kier molecular flexibility index (Phi) is 4.05. The fourth-order valence-corrected chi connectivity index (χ4v) is 1.03. The number of halogens is 1. The lowest BCUT2D eigenvalue weighted by atomic mass is 10.2. The van der Waals surface area contributed by atoms with Gasteiger partial charge in [-0.2, -0.15) is 0 Å². The zero-order valence-corrected chi connectivity index (χ0v) is 8.86. The number of nitrogens with zero attached hydrogens (tertiary/aromatic N) is 2. The second-order valence-electron chi connectivity index (χ2n) is 2.59. The van der Waals surface area contributed by atoms with Crippen LogP contribution in [0.25, 0.3) is 6.08 Å². The summed E-state index contributed by atoms with van der Waals surface area (Å²) in [7, 11) is 0. The van der Waals surface area contributed by atoms with E-state index in [-0.39, 0.29) is 11.0 Å². The predicted octanol–water partition coefficient (Wildman–Crippen LogP) is 1.29. The van der Waals surface area contributed by atoms with Gasteiger partial charge in [-0.25, -0.2) is 4.79 Å². The molecule has 15 heavy (non-hydrogen) atoms. The van der Waals surface area contributed by atoms with Crippen LogP contribution in [0.3, 0.4) is 0 Å². The Bertz CT molecular complexity index is 393. The van der Waals surface area contributed by atoms with Crippen molar-refractivity contribution in [2.45, 2.75) is 6.92 Å². The van der Waals surface area contributed by atoms with Gasteiger partial charge in [-0.05, 0) is 19.1 Å². The van der Waals surface area contributed by atoms with E-state index in [1.807, 2.05) is 0 Å². The third kappa shape index (κ3) is 3.55. The summed E-state index contributed by atoms with van der Waals surface area (Å²) in [6.45, 7) is 2.05. The molecule has 80 valence electrons. The van der Waals surface area contributed by atoms with Crippen LogP contribution in [0.1, 0.15) is 12.5 Å². The first kappa shape index (κ1) is 11.5. The van der Waals surface area contributed by atoms with Crippen molar-refractivity contribution in [2.75, 3.05) is 12.3 Å². The lowest BCUT2D eigenvalue weighted by Crippen LogP contribution is -2.00. The van der Waals surface area contributed by atoms with E-state index >= 15 is 0 Å². The molecule has 0 spiro atoms. The molecule has 0 bridgehead atoms. The molecule has 1 aromatic rings. The van der Waals surface area contributed by atoms with Gasteiger partial charge in [-0.1, -0.05) is 11.6 Å². The maximum absolute atomic E-state index is 11.0. The molecule has 0 fully saturated rings. The van der Waals surface area contributed by atoms with E-state index in [0.29, 0.717) is 12.2 Å². The molecule has 0 aromatic carbocycles. The van der Waals surface area contributed by atoms with E-state index in [1.54, 1.807) is 6.92 Å². The minimum atomic E-state index is -0.440. The normalized spacial score (nSPS) is 10.5. The zero-order chi connectivity index (χ0) is 11.3. The summed E-state index contributed by atoms with van der Waals surface area (Å²) in [5, 5.41) is 7.35. The Morgan fingerprint density at radius 2 is 2.40 bits per heavy atom. The Balaban J connectivity index is 2.79. The molecule has 6 heteroatoms. The van der Waals surface area contributed by atoms with Crippen LogP contribution in [0.2, 0.25) is 5.15 Å². The monoisotopic (exact) mass is 227 g/mol. The smallest absolute Gasteiger partial charge is 0.330 e. The highest BCUT2D eigenvalue weighted by atomic mass is 35.5. The van der Waals surface area contributed by atoms with Gasteiger partial charge in [-0.3, -0.25) is 0 Å². The molecule has 0 radical (unpaired) electrons. The Hall–Kier alpha value is -1.62. The summed E-state index contributed by atoms with van der Waals surface area (Å²) in [4.78, 5) is 11.0. The van der Waals surface area contributed by atoms with E-state index in [0.717, 1.165) is 0 Å². The van der Waals surface area contributed by atoms with Gasteiger partial charge < -0.3 is 10.5 Å². The quantitative estimate of drug-likeness (QED) is 0.622. The van der Waals surface area contributed by atoms with Crippen molar-refractivity contribution in [3.05, 3.63) is 22.9 Å². The fourth-order valence-electron chi connectivity index (χ4n) is 0.872. The minimum Gasteiger partial charge on any atom is -0.463 e. The van der Waals surface area contributed by atoms with Crippen molar-refractivity contribution in [3.63, 3.8) is 0 Å². The fraction of sp³-hybridized carbons (Fsp3) is 0.222. The van der Waals surface area contributed by atoms with Crippen molar-refractivity contribution in [1.82, 2.24) is 10.2 Å². The number of nitrogen functional groups attached to an aromatic ring is 1. The van der Waals surface area contributed by atoms with Gasteiger partial charge >= 0.3 is 5.97 Å². The number of aromatic nitrogens is 2. The van der Waals surface area contributed by atoms with Crippen LogP contribution in [0, 0.1) is 0 Å². The van der Waals surface area contributed by atoms with Gasteiger partial charge in [-0.15, -0.1) is 10.2 Å². The third-order valence-corrected chi connectivity index (χ3v) is 1.69. The second-order valence-corrected chi connectivity index (χ2v) is 2.98. The van der Waals surface area contributed by atoms with E-state index in [1.165, 1.54) is 18.2 Å². The minimum absolute atomic E-state index is 0.208. The van der Waals surface area contributed by atoms with E-state index in [4.69, 9.17) is 22.1 Å². The zero-order valence-electron chi connectivity index (χ0n) is 8.11. The number of hydrogen-bond acceptors (Lipinski definition) is 5. The van der Waals surface area contributed by atoms with Crippen LogP contribution < -0.4 is 5.73 Å². The molecule has 0 atom stereocenters. The molecule has 0 aliphatic carbocycles. The van der Waals surface area contributed by atoms with E-state index in [2.05, 4.69) is 10.2 Å². The molecule has 0 unspecified atom stereocenters. The maximum atomic E-state index is 11.0. The molecule has 0 aliphatic rings. The van der Waals surface area contributed by atoms with Crippen molar-refractivity contribution < 1.29 is 9.53 Å². The highest BCUT2D eigenvalue weighted by Gasteiger charge is 2.00. The summed E-state index contributed by atoms with van der Waals surface area (Å²) >= 11 is 5.61. The van der Waals surface area contributed by atoms with Crippen molar-refractivity contribution >= 4 is 29.5 Å². The molecular weight excluding hydrogens is 218 g/mol. The predicted molar refractivity (Wildman–Crippen MR) is 57.1 cm³/mol. The van der Waals surface area contributed by atoms with Crippen LogP contribution in [0.15, 0.2) is 12.1 Å². The largest absolute Gasteiger partial charge is 0.463 e. The van der Waals surface area contributed by atoms with Gasteiger partial charge in [0.2, 0.25) is 0 Å². The third-order valence-electron chi connectivity index (χ3n) is 1.51. The first-order chi connectivity index (χ1) is 7.13. The van der Waals surface area contributed by atoms with Gasteiger partial charge in [0.1, 0.15) is 0 Å². The Morgan fingerprint density at radius 3 is 3.07 bits per heavy atom. The molecule has 2 N–H and O–H groups in total. The standard InChI is InChI=1S/C9H10ClN3O2/c1-2-15-8(14)4-3-6-5-7(10)12-13-9(6)11/h3-5H,2H2,1H3,(H2,11,13)/b4-3+. The number of hydrogen-bond donors (Lipinski definition) is 1. The number of rotatable bonds is 3. The Labute approximate surface area is 91.9 Å². The average molecular weight is 228 g/mol. The van der Waals surface area contributed by atoms with Crippen LogP contribution in [-0.4, -0.2) is 22.8 Å². The summed E-state index contributed by atoms with van der Waals surface area (Å²) < 4.78 is 4.70. The van der Waals surface area contributed by atoms with E-state index in [9.17, 15) is 4.79 Å². The molecule has 0 aliphatic heterocycles. The van der Waals surface area contributed by atoms with Crippen LogP contribution in [0.5, 0.6) is 0 Å². The van der Waals surface area contributed by atoms with Gasteiger partial charge in [0.15, 0.2) is 11.0 Å². The highest BCUT2D eigenvalue weighted by Crippen LogP contribution is 2.13. The average Bonchev–Trinajstić information content (AvgIpc) is 2.20. The number of anilines is 1. The molecule has 1 heterocycles. The SMILES string of the molecule is CCOC(=O)/C=C/c1cc(Cl)nnc1N. The van der Waals surface area contributed by atoms with Gasteiger partial charge in [0.25, 0.3) is 0 Å². The summed E-state index contributed by atoms with van der Waals surface area (Å²) in [6, 6.07) is 1.51. The van der Waals surface area contributed by atoms with Crippen LogP contribution in [0.4, 0.5) is 5.82 Å². The van der Waals surface area contributed by atoms with Crippen molar-refractivity contribution in [2.24, 2.45) is 0 Å². The summed E-state index contributed by atoms with van der Waals surface area (Å²) in [6.07, 6.45) is 2.74. The molecule has 5 nitrogen and oxygen atoms in total.